The molecule has 11 heteroatoms. The molecule has 0 aromatic rings. The molecule has 0 aromatic heterocycles. The van der Waals surface area contributed by atoms with E-state index in [0.29, 0.717) is 13.2 Å². The van der Waals surface area contributed by atoms with Crippen LogP contribution in [0.15, 0.2) is 0 Å². The molecular formula is C18H34B2INO7. The quantitative estimate of drug-likeness (QED) is 0.176. The number of ether oxygens (including phenoxy) is 6. The molecule has 166 valence electrons. The van der Waals surface area contributed by atoms with Gasteiger partial charge in [-0.05, 0) is 4.43 Å². The molecule has 0 bridgehead atoms. The van der Waals surface area contributed by atoms with Gasteiger partial charge in [0.05, 0.1) is 25.4 Å². The maximum atomic E-state index is 6.01. The molecule has 0 aromatic carbocycles. The summed E-state index contributed by atoms with van der Waals surface area (Å²) in [5.74, 6) is 0.0108. The van der Waals surface area contributed by atoms with Crippen LogP contribution < -0.4 is 0 Å². The molecule has 2 heterocycles. The van der Waals surface area contributed by atoms with Crippen LogP contribution in [0.4, 0.5) is 0 Å². The fraction of sp³-hybridized carbons (Fsp3) is 1.00. The van der Waals surface area contributed by atoms with Crippen LogP contribution in [0.3, 0.4) is 0 Å². The van der Waals surface area contributed by atoms with Crippen LogP contribution in [0.2, 0.25) is 0 Å². The van der Waals surface area contributed by atoms with Gasteiger partial charge in [-0.15, -0.1) is 0 Å². The molecule has 0 saturated carbocycles. The second-order valence-electron chi connectivity index (χ2n) is 6.87. The Kier molecular flexibility index (Phi) is 13.9. The van der Waals surface area contributed by atoms with Crippen molar-refractivity contribution in [1.82, 2.24) is 5.06 Å². The van der Waals surface area contributed by atoms with Gasteiger partial charge in [-0.2, -0.15) is 5.06 Å². The van der Waals surface area contributed by atoms with Gasteiger partial charge in [-0.25, -0.2) is 0 Å². The zero-order chi connectivity index (χ0) is 22.0. The zero-order valence-electron chi connectivity index (χ0n) is 18.3. The summed E-state index contributed by atoms with van der Waals surface area (Å²) >= 11 is 2.29. The van der Waals surface area contributed by atoms with Crippen LogP contribution in [-0.2, 0) is 33.3 Å². The molecule has 2 rings (SSSR count). The van der Waals surface area contributed by atoms with Crippen LogP contribution in [0.5, 0.6) is 0 Å². The van der Waals surface area contributed by atoms with E-state index in [0.717, 1.165) is 0 Å². The summed E-state index contributed by atoms with van der Waals surface area (Å²) in [6.45, 7) is 3.40. The standard InChI is InChI=1S/C16H29B2NO7.C2H5I/c1-19(6-9-10(7-20-2)25-15(17)12(9)21-3)24-8-11-13(22-4)14(23-5)16(18)26-11;1-2-3/h9-16H,6-8H2,1-5H3;2H2,1H3/t9-,10?,11?,12-,13-,14-,15-,16-;/m1./s1. The van der Waals surface area contributed by atoms with Crippen molar-refractivity contribution in [2.24, 2.45) is 5.92 Å². The average molecular weight is 525 g/mol. The lowest BCUT2D eigenvalue weighted by Gasteiger charge is -2.28. The minimum Gasteiger partial charge on any atom is -0.382 e. The van der Waals surface area contributed by atoms with Crippen molar-refractivity contribution >= 4 is 38.3 Å². The Morgan fingerprint density at radius 1 is 0.862 bits per heavy atom. The molecule has 2 aliphatic heterocycles. The maximum absolute atomic E-state index is 6.01. The van der Waals surface area contributed by atoms with E-state index in [4.69, 9.17) is 49.0 Å². The third kappa shape index (κ3) is 7.87. The predicted octanol–water partition coefficient (Wildman–Crippen LogP) is 0.386. The molecular weight excluding hydrogens is 491 g/mol. The smallest absolute Gasteiger partial charge is 0.113 e. The topological polar surface area (TPSA) is 67.9 Å². The lowest BCUT2D eigenvalue weighted by atomic mass is 9.87. The van der Waals surface area contributed by atoms with Crippen LogP contribution in [-0.4, -0.2) is 123 Å². The maximum Gasteiger partial charge on any atom is 0.113 e. The highest BCUT2D eigenvalue weighted by Gasteiger charge is 2.44. The number of hydrogen-bond acceptors (Lipinski definition) is 8. The number of hydrogen-bond donors (Lipinski definition) is 0. The fourth-order valence-corrected chi connectivity index (χ4v) is 3.69. The average Bonchev–Trinajstić information content (AvgIpc) is 3.15. The van der Waals surface area contributed by atoms with Crippen molar-refractivity contribution in [2.75, 3.05) is 59.7 Å². The van der Waals surface area contributed by atoms with Crippen molar-refractivity contribution < 1.29 is 33.3 Å². The first kappa shape index (κ1) is 27.6. The van der Waals surface area contributed by atoms with E-state index in [1.165, 1.54) is 4.43 Å². The minimum atomic E-state index is -0.547. The van der Waals surface area contributed by atoms with Gasteiger partial charge in [0, 0.05) is 60.0 Å². The van der Waals surface area contributed by atoms with Crippen molar-refractivity contribution in [1.29, 1.82) is 0 Å². The Hall–Kier alpha value is 0.540. The van der Waals surface area contributed by atoms with Crippen LogP contribution >= 0.6 is 22.6 Å². The molecule has 0 spiro atoms. The van der Waals surface area contributed by atoms with Crippen LogP contribution in [0.25, 0.3) is 0 Å². The van der Waals surface area contributed by atoms with Gasteiger partial charge in [-0.1, -0.05) is 29.5 Å². The lowest BCUT2D eigenvalue weighted by Crippen LogP contribution is -2.42. The van der Waals surface area contributed by atoms with Crippen molar-refractivity contribution in [3.05, 3.63) is 0 Å². The predicted molar refractivity (Wildman–Crippen MR) is 120 cm³/mol. The lowest BCUT2D eigenvalue weighted by molar-refractivity contribution is -0.186. The van der Waals surface area contributed by atoms with Crippen molar-refractivity contribution in [3.8, 4) is 0 Å². The summed E-state index contributed by atoms with van der Waals surface area (Å²) in [5.41, 5.74) is 0. The Balaban J connectivity index is 0.00000132. The van der Waals surface area contributed by atoms with Gasteiger partial charge in [0.1, 0.15) is 34.0 Å². The molecule has 29 heavy (non-hydrogen) atoms. The molecule has 0 N–H and O–H groups in total. The summed E-state index contributed by atoms with van der Waals surface area (Å²) in [6, 6.07) is -1.04. The summed E-state index contributed by atoms with van der Waals surface area (Å²) < 4.78 is 34.2. The second-order valence-corrected chi connectivity index (χ2v) is 8.40. The first-order valence-electron chi connectivity index (χ1n) is 9.67. The normalized spacial score (nSPS) is 37.0. The van der Waals surface area contributed by atoms with Gasteiger partial charge in [-0.3, -0.25) is 4.84 Å². The number of hydroxylamine groups is 2. The molecule has 4 radical (unpaired) electrons. The number of methoxy groups -OCH3 is 4. The highest BCUT2D eigenvalue weighted by Crippen LogP contribution is 2.29. The van der Waals surface area contributed by atoms with Crippen molar-refractivity contribution in [3.63, 3.8) is 0 Å². The Bertz CT molecular complexity index is 443. The van der Waals surface area contributed by atoms with Crippen LogP contribution in [0.1, 0.15) is 6.92 Å². The summed E-state index contributed by atoms with van der Waals surface area (Å²) in [7, 11) is 20.2. The van der Waals surface area contributed by atoms with Gasteiger partial charge in [0.2, 0.25) is 0 Å². The van der Waals surface area contributed by atoms with E-state index < -0.39 is 12.0 Å². The highest BCUT2D eigenvalue weighted by molar-refractivity contribution is 14.1. The van der Waals surface area contributed by atoms with E-state index in [1.807, 2.05) is 7.05 Å². The number of rotatable bonds is 10. The monoisotopic (exact) mass is 525 g/mol. The molecule has 8 atom stereocenters. The van der Waals surface area contributed by atoms with Crippen LogP contribution in [0, 0.1) is 5.92 Å². The molecule has 2 aliphatic rings. The SMILES string of the molecule is CCI.[B][C@@H]1OC(COC)[C@@H](CN(C)OCC2O[C@@H]([B])[C@H](OC)[C@@H]2OC)[C@H]1OC. The van der Waals surface area contributed by atoms with E-state index in [9.17, 15) is 0 Å². The Morgan fingerprint density at radius 3 is 1.90 bits per heavy atom. The number of alkyl halides is 1. The molecule has 2 fully saturated rings. The second kappa shape index (κ2) is 14.6. The Labute approximate surface area is 191 Å². The molecule has 2 unspecified atom stereocenters. The van der Waals surface area contributed by atoms with E-state index >= 15 is 0 Å². The van der Waals surface area contributed by atoms with Gasteiger partial charge in [0.25, 0.3) is 0 Å². The van der Waals surface area contributed by atoms with Crippen molar-refractivity contribution in [2.45, 2.75) is 49.5 Å². The van der Waals surface area contributed by atoms with E-state index in [1.54, 1.807) is 33.5 Å². The largest absolute Gasteiger partial charge is 0.382 e. The van der Waals surface area contributed by atoms with Gasteiger partial charge in [0.15, 0.2) is 0 Å². The number of halogens is 1. The third-order valence-electron chi connectivity index (χ3n) is 4.98. The minimum absolute atomic E-state index is 0.0108. The molecule has 8 nitrogen and oxygen atoms in total. The van der Waals surface area contributed by atoms with Gasteiger partial charge < -0.3 is 28.4 Å². The first-order valence-corrected chi connectivity index (χ1v) is 11.2. The third-order valence-corrected chi connectivity index (χ3v) is 4.98. The first-order chi connectivity index (χ1) is 13.9. The van der Waals surface area contributed by atoms with E-state index in [-0.39, 0.29) is 43.0 Å². The molecule has 0 aliphatic carbocycles. The van der Waals surface area contributed by atoms with Gasteiger partial charge >= 0.3 is 0 Å². The summed E-state index contributed by atoms with van der Waals surface area (Å²) in [4.78, 5) is 5.84. The fourth-order valence-electron chi connectivity index (χ4n) is 3.69. The Morgan fingerprint density at radius 2 is 1.38 bits per heavy atom. The summed E-state index contributed by atoms with van der Waals surface area (Å²) in [5, 5.41) is 1.72. The summed E-state index contributed by atoms with van der Waals surface area (Å²) in [6.07, 6.45) is -1.34. The number of nitrogens with zero attached hydrogens (tertiary/aromatic N) is 1. The van der Waals surface area contributed by atoms with E-state index in [2.05, 4.69) is 29.5 Å². The highest BCUT2D eigenvalue weighted by atomic mass is 127. The zero-order valence-corrected chi connectivity index (χ0v) is 20.4. The molecule has 2 saturated heterocycles. The molecule has 0 amide bonds.